The summed E-state index contributed by atoms with van der Waals surface area (Å²) in [5.41, 5.74) is -0.318. The molecule has 8 heteroatoms. The Morgan fingerprint density at radius 3 is 2.35 bits per heavy atom. The fraction of sp³-hybridized carbons (Fsp3) is 0.0833. The maximum atomic E-state index is 11.4. The summed E-state index contributed by atoms with van der Waals surface area (Å²) in [5, 5.41) is 29.3. The van der Waals surface area contributed by atoms with Gasteiger partial charge in [-0.15, -0.1) is 10.2 Å². The van der Waals surface area contributed by atoms with Gasteiger partial charge < -0.3 is 14.6 Å². The van der Waals surface area contributed by atoms with Crippen molar-refractivity contribution in [2.75, 3.05) is 0 Å². The van der Waals surface area contributed by atoms with Gasteiger partial charge in [-0.3, -0.25) is 4.79 Å². The molecule has 0 radical (unpaired) electrons. The van der Waals surface area contributed by atoms with Gasteiger partial charge in [-0.2, -0.15) is 0 Å². The summed E-state index contributed by atoms with van der Waals surface area (Å²) in [6.45, 7) is -0.733. The molecule has 0 fully saturated rings. The van der Waals surface area contributed by atoms with E-state index in [1.807, 2.05) is 0 Å². The van der Waals surface area contributed by atoms with Crippen LogP contribution in [0.4, 0.5) is 11.6 Å². The Bertz CT molecular complexity index is 629. The second kappa shape index (κ2) is 10.5. The van der Waals surface area contributed by atoms with E-state index in [1.54, 1.807) is 30.3 Å². The molecule has 2 aromatic rings. The predicted octanol–water partition coefficient (Wildman–Crippen LogP) is -5.00. The molecule has 0 aliphatic rings. The first-order valence-electron chi connectivity index (χ1n) is 5.09. The molecule has 92 valence electrons. The number of hydrogen-bond donors (Lipinski definition) is 0. The Hall–Kier alpha value is 0.803. The summed E-state index contributed by atoms with van der Waals surface area (Å²) >= 11 is 0. The monoisotopic (exact) mass is 322 g/mol. The average molecular weight is 322 g/mol. The average Bonchev–Trinajstić information content (AvgIpc) is 2.41. The van der Waals surface area contributed by atoms with Crippen molar-refractivity contribution in [3.05, 3.63) is 52.4 Å². The van der Waals surface area contributed by atoms with Crippen molar-refractivity contribution in [3.8, 4) is 5.75 Å². The molecule has 0 saturated carbocycles. The van der Waals surface area contributed by atoms with Crippen molar-refractivity contribution in [2.24, 2.45) is 10.2 Å². The van der Waals surface area contributed by atoms with Crippen molar-refractivity contribution >= 4 is 11.6 Å². The minimum atomic E-state index is -0.910. The largest absolute Gasteiger partial charge is 1.00 e. The molecule has 1 aromatic heterocycles. The molecule has 0 spiro atoms. The van der Waals surface area contributed by atoms with E-state index in [-0.39, 0.29) is 109 Å². The molecule has 6 nitrogen and oxygen atoms in total. The van der Waals surface area contributed by atoms with Crippen molar-refractivity contribution in [1.82, 2.24) is 0 Å². The summed E-state index contributed by atoms with van der Waals surface area (Å²) in [6, 6.07) is 9.51. The van der Waals surface area contributed by atoms with Crippen LogP contribution in [0.5, 0.6) is 5.75 Å². The second-order valence-electron chi connectivity index (χ2n) is 3.39. The number of nitrogens with zero attached hydrogens (tertiary/aromatic N) is 2. The number of benzene rings is 1. The predicted molar refractivity (Wildman–Crippen MR) is 58.7 cm³/mol. The van der Waals surface area contributed by atoms with Crippen molar-refractivity contribution in [1.29, 1.82) is 0 Å². The zero-order chi connectivity index (χ0) is 13.0. The fourth-order valence-electron chi connectivity index (χ4n) is 1.25. The second-order valence-corrected chi connectivity index (χ2v) is 3.39. The van der Waals surface area contributed by atoms with Gasteiger partial charge >= 0.3 is 103 Å². The Kier molecular flexibility index (Phi) is 10.9. The van der Waals surface area contributed by atoms with Crippen LogP contribution in [-0.2, 0) is 6.61 Å². The summed E-state index contributed by atoms with van der Waals surface area (Å²) in [5.74, 6) is -1.52. The molecule has 0 atom stereocenters. The number of hydrogen-bond acceptors (Lipinski definition) is 6. The van der Waals surface area contributed by atoms with Gasteiger partial charge in [0.05, 0.1) is 11.4 Å². The molecular formula is C12H8K2N2O4. The van der Waals surface area contributed by atoms with Gasteiger partial charge in [-0.05, 0) is 12.1 Å². The normalized spacial score (nSPS) is 9.85. The topological polar surface area (TPSA) is 101 Å². The van der Waals surface area contributed by atoms with Gasteiger partial charge in [0.2, 0.25) is 5.88 Å². The fourth-order valence-corrected chi connectivity index (χ4v) is 1.25. The Labute approximate surface area is 200 Å². The number of azo groups is 1. The maximum Gasteiger partial charge on any atom is 1.00 e. The first kappa shape index (κ1) is 20.8. The SMILES string of the molecule is O=c1cc(C[O-])oc(N=Nc2ccccc2)c1[O-].[K+].[K+]. The van der Waals surface area contributed by atoms with Crippen LogP contribution in [0.25, 0.3) is 0 Å². The van der Waals surface area contributed by atoms with E-state index in [9.17, 15) is 15.0 Å². The quantitative estimate of drug-likeness (QED) is 0.417. The van der Waals surface area contributed by atoms with E-state index in [4.69, 9.17) is 4.42 Å². The molecule has 2 rings (SSSR count). The molecule has 0 aliphatic carbocycles. The Balaban J connectivity index is 0.00000180. The van der Waals surface area contributed by atoms with Gasteiger partial charge in [0.15, 0.2) is 5.43 Å². The summed E-state index contributed by atoms with van der Waals surface area (Å²) in [6.07, 6.45) is 0. The molecule has 1 heterocycles. The standard InChI is InChI=1S/C12H9N2O4.2K/c15-7-9-6-10(16)11(17)12(18-9)14-13-8-4-2-1-3-5-8;;/h1-6,17H,7H2;;/q-1;2*+1/p-1. The zero-order valence-electron chi connectivity index (χ0n) is 11.2. The van der Waals surface area contributed by atoms with Crippen LogP contribution >= 0.6 is 0 Å². The van der Waals surface area contributed by atoms with Gasteiger partial charge in [0.25, 0.3) is 0 Å². The molecule has 0 saturated heterocycles. The maximum absolute atomic E-state index is 11.4. The first-order valence-corrected chi connectivity index (χ1v) is 5.09. The molecule has 20 heavy (non-hydrogen) atoms. The van der Waals surface area contributed by atoms with Crippen molar-refractivity contribution < 1.29 is 117 Å². The van der Waals surface area contributed by atoms with Gasteiger partial charge in [0, 0.05) is 11.8 Å². The van der Waals surface area contributed by atoms with E-state index in [2.05, 4.69) is 10.2 Å². The van der Waals surface area contributed by atoms with Crippen molar-refractivity contribution in [2.45, 2.75) is 6.61 Å². The first-order chi connectivity index (χ1) is 8.70. The summed E-state index contributed by atoms with van der Waals surface area (Å²) in [7, 11) is 0. The third kappa shape index (κ3) is 5.89. The molecule has 0 unspecified atom stereocenters. The van der Waals surface area contributed by atoms with Crippen LogP contribution in [0, 0.1) is 0 Å². The molecular weight excluding hydrogens is 314 g/mol. The minimum absolute atomic E-state index is 0. The van der Waals surface area contributed by atoms with Crippen LogP contribution in [0.2, 0.25) is 0 Å². The van der Waals surface area contributed by atoms with Gasteiger partial charge in [-0.1, -0.05) is 24.8 Å². The van der Waals surface area contributed by atoms with Crippen molar-refractivity contribution in [3.63, 3.8) is 0 Å². The number of rotatable bonds is 3. The summed E-state index contributed by atoms with van der Waals surface area (Å²) < 4.78 is 4.87. The van der Waals surface area contributed by atoms with E-state index >= 15 is 0 Å². The molecule has 0 N–H and O–H groups in total. The Morgan fingerprint density at radius 2 is 1.75 bits per heavy atom. The Morgan fingerprint density at radius 1 is 1.10 bits per heavy atom. The van der Waals surface area contributed by atoms with E-state index < -0.39 is 23.7 Å². The van der Waals surface area contributed by atoms with E-state index in [0.29, 0.717) is 5.69 Å². The molecule has 0 bridgehead atoms. The third-order valence-electron chi connectivity index (χ3n) is 2.09. The zero-order valence-corrected chi connectivity index (χ0v) is 17.4. The van der Waals surface area contributed by atoms with Gasteiger partial charge in [-0.25, -0.2) is 0 Å². The van der Waals surface area contributed by atoms with E-state index in [0.717, 1.165) is 6.07 Å². The van der Waals surface area contributed by atoms with Gasteiger partial charge in [0.1, 0.15) is 0 Å². The van der Waals surface area contributed by atoms with Crippen LogP contribution in [0.15, 0.2) is 55.8 Å². The van der Waals surface area contributed by atoms with Crippen LogP contribution in [0.3, 0.4) is 0 Å². The smallest absolute Gasteiger partial charge is 0.866 e. The third-order valence-corrected chi connectivity index (χ3v) is 2.09. The minimum Gasteiger partial charge on any atom is -0.866 e. The molecule has 0 aliphatic heterocycles. The van der Waals surface area contributed by atoms with Crippen LogP contribution in [0.1, 0.15) is 5.76 Å². The molecule has 0 amide bonds. The molecule has 1 aromatic carbocycles. The summed E-state index contributed by atoms with van der Waals surface area (Å²) in [4.78, 5) is 11.2. The van der Waals surface area contributed by atoms with E-state index in [1.165, 1.54) is 0 Å². The van der Waals surface area contributed by atoms with Crippen LogP contribution < -0.4 is 118 Å². The van der Waals surface area contributed by atoms with Crippen LogP contribution in [-0.4, -0.2) is 0 Å².